The summed E-state index contributed by atoms with van der Waals surface area (Å²) in [6, 6.07) is 0. The lowest BCUT2D eigenvalue weighted by Crippen LogP contribution is -2.23. The van der Waals surface area contributed by atoms with Crippen LogP contribution in [-0.2, 0) is 6.61 Å². The summed E-state index contributed by atoms with van der Waals surface area (Å²) in [5.41, 5.74) is -0.859. The molecule has 0 unspecified atom stereocenters. The molecule has 0 aliphatic heterocycles. The van der Waals surface area contributed by atoms with Crippen molar-refractivity contribution in [1.29, 1.82) is 0 Å². The highest BCUT2D eigenvalue weighted by Gasteiger charge is 2.03. The normalized spacial score (nSPS) is 10.6. The molecule has 2 heterocycles. The first kappa shape index (κ1) is 8.57. The molecule has 7 nitrogen and oxygen atoms in total. The summed E-state index contributed by atoms with van der Waals surface area (Å²) in [5.74, 6) is 0. The van der Waals surface area contributed by atoms with Crippen molar-refractivity contribution in [3.63, 3.8) is 0 Å². The second kappa shape index (κ2) is 3.04. The maximum absolute atomic E-state index is 11.2. The minimum Gasteiger partial charge on any atom is -0.390 e. The van der Waals surface area contributed by atoms with Gasteiger partial charge in [-0.15, -0.1) is 0 Å². The van der Waals surface area contributed by atoms with E-state index in [1.165, 1.54) is 6.20 Å². The third-order valence-electron chi connectivity index (χ3n) is 1.66. The zero-order valence-corrected chi connectivity index (χ0v) is 6.94. The summed E-state index contributed by atoms with van der Waals surface area (Å²) in [7, 11) is 0. The molecule has 0 fully saturated rings. The number of H-pyrrole nitrogens is 2. The van der Waals surface area contributed by atoms with Crippen molar-refractivity contribution in [2.24, 2.45) is 0 Å². The zero-order valence-electron chi connectivity index (χ0n) is 6.94. The monoisotopic (exact) mass is 194 g/mol. The Morgan fingerprint density at radius 2 is 2.14 bits per heavy atom. The Hall–Kier alpha value is -2.02. The van der Waals surface area contributed by atoms with Crippen molar-refractivity contribution in [2.45, 2.75) is 6.61 Å². The van der Waals surface area contributed by atoms with Crippen LogP contribution in [0, 0.1) is 0 Å². The number of fused-ring (bicyclic) bond motifs is 1. The summed E-state index contributed by atoms with van der Waals surface area (Å²) < 4.78 is 0. The average molecular weight is 194 g/mol. The van der Waals surface area contributed by atoms with Gasteiger partial charge < -0.3 is 5.11 Å². The molecule has 2 aromatic rings. The number of aromatic nitrogens is 4. The molecule has 2 aromatic heterocycles. The van der Waals surface area contributed by atoms with Crippen LogP contribution in [0.2, 0.25) is 0 Å². The van der Waals surface area contributed by atoms with E-state index in [9.17, 15) is 9.59 Å². The first-order chi connectivity index (χ1) is 6.70. The Morgan fingerprint density at radius 1 is 1.36 bits per heavy atom. The lowest BCUT2D eigenvalue weighted by Gasteiger charge is -1.96. The molecular formula is C7H6N4O3. The van der Waals surface area contributed by atoms with Crippen LogP contribution >= 0.6 is 0 Å². The number of aromatic amines is 2. The molecule has 0 aliphatic carbocycles. The molecule has 0 aliphatic rings. The maximum atomic E-state index is 11.2. The van der Waals surface area contributed by atoms with Crippen LogP contribution in [0.5, 0.6) is 0 Å². The van der Waals surface area contributed by atoms with Gasteiger partial charge in [0.1, 0.15) is 0 Å². The Labute approximate surface area is 76.5 Å². The van der Waals surface area contributed by atoms with Crippen molar-refractivity contribution in [1.82, 2.24) is 19.9 Å². The summed E-state index contributed by atoms with van der Waals surface area (Å²) in [6.07, 6.45) is 1.29. The molecule has 0 spiro atoms. The Kier molecular flexibility index (Phi) is 1.86. The number of nitrogens with one attached hydrogen (secondary N) is 2. The van der Waals surface area contributed by atoms with E-state index < -0.39 is 11.2 Å². The van der Waals surface area contributed by atoms with Gasteiger partial charge in [-0.2, -0.15) is 0 Å². The fourth-order valence-corrected chi connectivity index (χ4v) is 1.05. The van der Waals surface area contributed by atoms with Crippen LogP contribution in [0.1, 0.15) is 5.69 Å². The molecule has 72 valence electrons. The molecule has 0 saturated carbocycles. The van der Waals surface area contributed by atoms with E-state index >= 15 is 0 Å². The lowest BCUT2D eigenvalue weighted by molar-refractivity contribution is 0.277. The van der Waals surface area contributed by atoms with Gasteiger partial charge in [-0.3, -0.25) is 14.8 Å². The molecule has 0 radical (unpaired) electrons. The highest BCUT2D eigenvalue weighted by atomic mass is 16.3. The first-order valence-electron chi connectivity index (χ1n) is 3.80. The van der Waals surface area contributed by atoms with Crippen molar-refractivity contribution in [3.05, 3.63) is 32.7 Å². The Bertz CT molecular complexity index is 585. The number of aliphatic hydroxyl groups excluding tert-OH is 1. The molecule has 2 rings (SSSR count). The van der Waals surface area contributed by atoms with Crippen molar-refractivity contribution in [2.75, 3.05) is 0 Å². The van der Waals surface area contributed by atoms with Gasteiger partial charge in [-0.25, -0.2) is 14.8 Å². The highest BCUT2D eigenvalue weighted by molar-refractivity contribution is 5.67. The highest BCUT2D eigenvalue weighted by Crippen LogP contribution is 1.98. The van der Waals surface area contributed by atoms with E-state index in [0.29, 0.717) is 0 Å². The van der Waals surface area contributed by atoms with Crippen LogP contribution in [0.3, 0.4) is 0 Å². The summed E-state index contributed by atoms with van der Waals surface area (Å²) in [4.78, 5) is 34.0. The molecule has 3 N–H and O–H groups in total. The quantitative estimate of drug-likeness (QED) is 0.511. The molecule has 14 heavy (non-hydrogen) atoms. The van der Waals surface area contributed by atoms with Crippen LogP contribution < -0.4 is 11.2 Å². The third-order valence-corrected chi connectivity index (χ3v) is 1.66. The lowest BCUT2D eigenvalue weighted by atomic mass is 10.4. The van der Waals surface area contributed by atoms with Gasteiger partial charge in [0.2, 0.25) is 0 Å². The number of aliphatic hydroxyl groups is 1. The smallest absolute Gasteiger partial charge is 0.327 e. The second-order valence-electron chi connectivity index (χ2n) is 2.62. The minimum absolute atomic E-state index is 0.0103. The van der Waals surface area contributed by atoms with Gasteiger partial charge in [0, 0.05) is 0 Å². The standard InChI is InChI=1S/C7H6N4O3/c12-2-3-1-8-5-4(9-3)6(13)11-7(14)10-5/h1,12H,2H2,(H2,8,10,11,13,14). The van der Waals surface area contributed by atoms with E-state index in [-0.39, 0.29) is 23.5 Å². The van der Waals surface area contributed by atoms with Gasteiger partial charge >= 0.3 is 5.69 Å². The third kappa shape index (κ3) is 1.29. The van der Waals surface area contributed by atoms with Gasteiger partial charge in [0.25, 0.3) is 5.56 Å². The van der Waals surface area contributed by atoms with Crippen LogP contribution in [0.25, 0.3) is 11.2 Å². The predicted octanol–water partition coefficient (Wildman–Crippen LogP) is -1.50. The molecular weight excluding hydrogens is 188 g/mol. The van der Waals surface area contributed by atoms with Crippen LogP contribution in [-0.4, -0.2) is 25.0 Å². The molecule has 0 saturated heterocycles. The molecule has 0 amide bonds. The van der Waals surface area contributed by atoms with E-state index in [0.717, 1.165) is 0 Å². The van der Waals surface area contributed by atoms with Crippen LogP contribution in [0.15, 0.2) is 15.8 Å². The summed E-state index contributed by atoms with van der Waals surface area (Å²) >= 11 is 0. The number of hydrogen-bond donors (Lipinski definition) is 3. The van der Waals surface area contributed by atoms with Crippen molar-refractivity contribution >= 4 is 11.2 Å². The van der Waals surface area contributed by atoms with E-state index in [4.69, 9.17) is 5.11 Å². The predicted molar refractivity (Wildman–Crippen MR) is 46.7 cm³/mol. The van der Waals surface area contributed by atoms with Crippen molar-refractivity contribution < 1.29 is 5.11 Å². The molecule has 0 aromatic carbocycles. The second-order valence-corrected chi connectivity index (χ2v) is 2.62. The van der Waals surface area contributed by atoms with Gasteiger partial charge in [0.05, 0.1) is 18.5 Å². The summed E-state index contributed by atoms with van der Waals surface area (Å²) in [5, 5.41) is 8.76. The fourth-order valence-electron chi connectivity index (χ4n) is 1.05. The molecule has 0 atom stereocenters. The molecule has 0 bridgehead atoms. The van der Waals surface area contributed by atoms with E-state index in [2.05, 4.69) is 15.0 Å². The average Bonchev–Trinajstić information content (AvgIpc) is 2.17. The SMILES string of the molecule is O=c1[nH]c(=O)c2nc(CO)cnc2[nH]1. The topological polar surface area (TPSA) is 112 Å². The number of hydrogen-bond acceptors (Lipinski definition) is 5. The number of nitrogens with zero attached hydrogens (tertiary/aromatic N) is 2. The minimum atomic E-state index is -0.631. The van der Waals surface area contributed by atoms with E-state index in [1.807, 2.05) is 4.98 Å². The summed E-state index contributed by atoms with van der Waals surface area (Å²) in [6.45, 7) is -0.304. The van der Waals surface area contributed by atoms with Gasteiger partial charge in [0.15, 0.2) is 11.2 Å². The zero-order chi connectivity index (χ0) is 10.1. The maximum Gasteiger partial charge on any atom is 0.327 e. The molecule has 7 heteroatoms. The number of rotatable bonds is 1. The Balaban J connectivity index is 2.89. The van der Waals surface area contributed by atoms with Crippen LogP contribution in [0.4, 0.5) is 0 Å². The van der Waals surface area contributed by atoms with Crippen molar-refractivity contribution in [3.8, 4) is 0 Å². The van der Waals surface area contributed by atoms with Gasteiger partial charge in [-0.1, -0.05) is 0 Å². The van der Waals surface area contributed by atoms with Gasteiger partial charge in [-0.05, 0) is 0 Å². The fraction of sp³-hybridized carbons (Fsp3) is 0.143. The Morgan fingerprint density at radius 3 is 2.86 bits per heavy atom. The largest absolute Gasteiger partial charge is 0.390 e. The first-order valence-corrected chi connectivity index (χ1v) is 3.80. The van der Waals surface area contributed by atoms with E-state index in [1.54, 1.807) is 0 Å².